The zero-order valence-electron chi connectivity index (χ0n) is 27.4. The predicted octanol–water partition coefficient (Wildman–Crippen LogP) is 5.52. The van der Waals surface area contributed by atoms with Gasteiger partial charge in [-0.05, 0) is 54.3 Å². The Balaban J connectivity index is 1.82. The Labute approximate surface area is 281 Å². The molecule has 0 fully saturated rings. The number of sulfonamides is 1. The highest BCUT2D eigenvalue weighted by Crippen LogP contribution is 2.30. The summed E-state index contributed by atoms with van der Waals surface area (Å²) >= 11 is 0. The molecule has 1 unspecified atom stereocenters. The minimum absolute atomic E-state index is 0.0266. The lowest BCUT2D eigenvalue weighted by atomic mass is 10.0. The highest BCUT2D eigenvalue weighted by Gasteiger charge is 2.35. The quantitative estimate of drug-likeness (QED) is 0.130. The molecule has 0 heterocycles. The number of amides is 2. The second-order valence-electron chi connectivity index (χ2n) is 11.8. The van der Waals surface area contributed by atoms with Crippen molar-refractivity contribution in [2.24, 2.45) is 5.92 Å². The summed E-state index contributed by atoms with van der Waals surface area (Å²) in [4.78, 5) is 40.5. The summed E-state index contributed by atoms with van der Waals surface area (Å²) in [5.74, 6) is -0.395. The first-order valence-electron chi connectivity index (χ1n) is 15.5. The third-order valence-corrected chi connectivity index (χ3v) is 9.53. The number of nitro benzene ring substituents is 1. The first-order chi connectivity index (χ1) is 22.9. The van der Waals surface area contributed by atoms with Crippen molar-refractivity contribution in [1.29, 1.82) is 0 Å². The Hall–Kier alpha value is -5.23. The van der Waals surface area contributed by atoms with Gasteiger partial charge in [-0.3, -0.25) is 24.0 Å². The summed E-state index contributed by atoms with van der Waals surface area (Å²) < 4.78 is 34.7. The first kappa shape index (κ1) is 35.6. The zero-order chi connectivity index (χ0) is 34.8. The van der Waals surface area contributed by atoms with Gasteiger partial charge in [-0.25, -0.2) is 8.42 Å². The highest BCUT2D eigenvalue weighted by atomic mass is 32.2. The molecule has 48 heavy (non-hydrogen) atoms. The van der Waals surface area contributed by atoms with Gasteiger partial charge in [0.1, 0.15) is 18.3 Å². The van der Waals surface area contributed by atoms with Crippen molar-refractivity contribution in [3.63, 3.8) is 0 Å². The van der Waals surface area contributed by atoms with E-state index >= 15 is 0 Å². The molecule has 0 saturated carbocycles. The third kappa shape index (κ3) is 8.97. The second kappa shape index (κ2) is 16.1. The van der Waals surface area contributed by atoms with Gasteiger partial charge in [0.2, 0.25) is 11.8 Å². The van der Waals surface area contributed by atoms with Gasteiger partial charge >= 0.3 is 0 Å². The number of nitro groups is 1. The molecule has 252 valence electrons. The van der Waals surface area contributed by atoms with Crippen molar-refractivity contribution in [3.05, 3.63) is 130 Å². The summed E-state index contributed by atoms with van der Waals surface area (Å²) in [6.07, 6.45) is 0.183. The van der Waals surface area contributed by atoms with Gasteiger partial charge in [-0.2, -0.15) is 0 Å². The molecule has 1 atom stereocenters. The molecule has 0 saturated heterocycles. The number of carbonyl (C=O) groups is 2. The molecule has 1 N–H and O–H groups in total. The Kier molecular flexibility index (Phi) is 11.9. The maximum Gasteiger partial charge on any atom is 0.273 e. The third-order valence-electron chi connectivity index (χ3n) is 7.76. The van der Waals surface area contributed by atoms with Crippen LogP contribution in [0.5, 0.6) is 5.75 Å². The van der Waals surface area contributed by atoms with Gasteiger partial charge in [0.05, 0.1) is 22.6 Å². The minimum Gasteiger partial charge on any atom is -0.497 e. The lowest BCUT2D eigenvalue weighted by Gasteiger charge is -2.34. The van der Waals surface area contributed by atoms with E-state index < -0.39 is 33.4 Å². The largest absolute Gasteiger partial charge is 0.497 e. The lowest BCUT2D eigenvalue weighted by molar-refractivity contribution is -0.385. The van der Waals surface area contributed by atoms with Crippen LogP contribution in [0.3, 0.4) is 0 Å². The fourth-order valence-corrected chi connectivity index (χ4v) is 6.54. The number of ether oxygens (including phenoxy) is 1. The Morgan fingerprint density at radius 3 is 2.06 bits per heavy atom. The molecule has 4 rings (SSSR count). The van der Waals surface area contributed by atoms with E-state index in [1.54, 1.807) is 12.1 Å². The molecule has 4 aromatic carbocycles. The van der Waals surface area contributed by atoms with Crippen molar-refractivity contribution in [2.45, 2.75) is 44.7 Å². The molecule has 0 aliphatic heterocycles. The molecule has 12 heteroatoms. The molecule has 2 amide bonds. The maximum absolute atomic E-state index is 14.5. The van der Waals surface area contributed by atoms with Gasteiger partial charge in [-0.15, -0.1) is 0 Å². The van der Waals surface area contributed by atoms with Gasteiger partial charge < -0.3 is 15.0 Å². The van der Waals surface area contributed by atoms with Crippen LogP contribution in [-0.2, 0) is 32.6 Å². The second-order valence-corrected chi connectivity index (χ2v) is 13.6. The zero-order valence-corrected chi connectivity index (χ0v) is 28.2. The van der Waals surface area contributed by atoms with Crippen LogP contribution in [0.2, 0.25) is 0 Å². The van der Waals surface area contributed by atoms with Crippen LogP contribution in [0.4, 0.5) is 11.4 Å². The van der Waals surface area contributed by atoms with E-state index in [4.69, 9.17) is 4.74 Å². The van der Waals surface area contributed by atoms with Crippen LogP contribution < -0.4 is 14.4 Å². The number of rotatable bonds is 15. The topological polar surface area (TPSA) is 139 Å². The van der Waals surface area contributed by atoms with Crippen molar-refractivity contribution < 1.29 is 27.7 Å². The summed E-state index contributed by atoms with van der Waals surface area (Å²) in [7, 11) is -3.06. The standard InChI is InChI=1S/C36H40N4O7S/c1-26(2)23-37-36(42)34(21-28-11-7-5-8-12-28)38(24-29-13-9-6-10-14-29)35(41)25-39(30-16-18-31(47-4)19-17-30)48(45,46)32-20-15-27(3)33(22-32)40(43)44/h5-20,22,26,34H,21,23-25H2,1-4H3,(H,37,42). The highest BCUT2D eigenvalue weighted by molar-refractivity contribution is 7.92. The van der Waals surface area contributed by atoms with Crippen LogP contribution >= 0.6 is 0 Å². The summed E-state index contributed by atoms with van der Waals surface area (Å²) in [6.45, 7) is 5.16. The molecule has 0 radical (unpaired) electrons. The normalized spacial score (nSPS) is 11.9. The SMILES string of the molecule is COc1ccc(N(CC(=O)N(Cc2ccccc2)C(Cc2ccccc2)C(=O)NCC(C)C)S(=O)(=O)c2ccc(C)c([N+](=O)[O-])c2)cc1. The molecule has 4 aromatic rings. The van der Waals surface area contributed by atoms with Crippen LogP contribution in [0.15, 0.2) is 108 Å². The molecule has 0 spiro atoms. The van der Waals surface area contributed by atoms with Gasteiger partial charge in [-0.1, -0.05) is 80.6 Å². The number of methoxy groups -OCH3 is 1. The lowest BCUT2D eigenvalue weighted by Crippen LogP contribution is -2.53. The van der Waals surface area contributed by atoms with E-state index in [1.807, 2.05) is 74.5 Å². The van der Waals surface area contributed by atoms with Crippen molar-refractivity contribution in [1.82, 2.24) is 10.2 Å². The van der Waals surface area contributed by atoms with Gasteiger partial charge in [0.25, 0.3) is 15.7 Å². The summed E-state index contributed by atoms with van der Waals surface area (Å²) in [5.41, 5.74) is 1.62. The van der Waals surface area contributed by atoms with Crippen LogP contribution in [0, 0.1) is 23.0 Å². The van der Waals surface area contributed by atoms with Crippen LogP contribution in [-0.4, -0.2) is 56.3 Å². The minimum atomic E-state index is -4.53. The Morgan fingerprint density at radius 1 is 0.896 bits per heavy atom. The molecule has 0 aliphatic carbocycles. The monoisotopic (exact) mass is 672 g/mol. The van der Waals surface area contributed by atoms with E-state index in [0.29, 0.717) is 12.3 Å². The number of carbonyl (C=O) groups excluding carboxylic acids is 2. The Bertz CT molecular complexity index is 1820. The number of hydrogen-bond acceptors (Lipinski definition) is 7. The number of hydrogen-bond donors (Lipinski definition) is 1. The predicted molar refractivity (Wildman–Crippen MR) is 184 cm³/mol. The van der Waals surface area contributed by atoms with Crippen molar-refractivity contribution in [3.8, 4) is 5.75 Å². The smallest absolute Gasteiger partial charge is 0.273 e. The van der Waals surface area contributed by atoms with E-state index in [1.165, 1.54) is 43.2 Å². The molecular weight excluding hydrogens is 632 g/mol. The fourth-order valence-electron chi connectivity index (χ4n) is 5.11. The number of benzene rings is 4. The van der Waals surface area contributed by atoms with E-state index in [9.17, 15) is 28.1 Å². The van der Waals surface area contributed by atoms with E-state index in [-0.39, 0.29) is 46.6 Å². The van der Waals surface area contributed by atoms with Gasteiger partial charge in [0.15, 0.2) is 0 Å². The fraction of sp³-hybridized carbons (Fsp3) is 0.278. The first-order valence-corrected chi connectivity index (χ1v) is 16.9. The average Bonchev–Trinajstić information content (AvgIpc) is 3.08. The van der Waals surface area contributed by atoms with Crippen LogP contribution in [0.1, 0.15) is 30.5 Å². The van der Waals surface area contributed by atoms with E-state index in [2.05, 4.69) is 5.32 Å². The molecule has 0 aliphatic rings. The van der Waals surface area contributed by atoms with Crippen molar-refractivity contribution >= 4 is 33.2 Å². The maximum atomic E-state index is 14.5. The number of aryl methyl sites for hydroxylation is 1. The van der Waals surface area contributed by atoms with E-state index in [0.717, 1.165) is 21.5 Å². The molecule has 11 nitrogen and oxygen atoms in total. The molecule has 0 bridgehead atoms. The van der Waals surface area contributed by atoms with Gasteiger partial charge in [0, 0.05) is 31.1 Å². The number of nitrogens with one attached hydrogen (secondary N) is 1. The van der Waals surface area contributed by atoms with Crippen LogP contribution in [0.25, 0.3) is 0 Å². The number of anilines is 1. The summed E-state index contributed by atoms with van der Waals surface area (Å²) in [5, 5.41) is 14.7. The van der Waals surface area contributed by atoms with Crippen molar-refractivity contribution in [2.75, 3.05) is 24.5 Å². The molecule has 0 aromatic heterocycles. The number of nitrogens with zero attached hydrogens (tertiary/aromatic N) is 3. The summed E-state index contributed by atoms with van der Waals surface area (Å²) in [6, 6.07) is 27.2. The molecular formula is C36H40N4O7S. The Morgan fingerprint density at radius 2 is 1.50 bits per heavy atom. The average molecular weight is 673 g/mol.